The second-order valence-corrected chi connectivity index (χ2v) is 4.74. The molecule has 6 heteroatoms. The number of carbonyl (C=O) groups is 1. The molecule has 0 aliphatic carbocycles. The van der Waals surface area contributed by atoms with Crippen LogP contribution in [0.1, 0.15) is 30.9 Å². The first-order valence-electron chi connectivity index (χ1n) is 5.27. The van der Waals surface area contributed by atoms with E-state index in [1.165, 1.54) is 0 Å². The number of carbonyl (C=O) groups excluding carboxylic acids is 1. The van der Waals surface area contributed by atoms with Gasteiger partial charge < -0.3 is 15.6 Å². The van der Waals surface area contributed by atoms with Gasteiger partial charge in [0.15, 0.2) is 0 Å². The van der Waals surface area contributed by atoms with Gasteiger partial charge in [-0.05, 0) is 27.7 Å². The summed E-state index contributed by atoms with van der Waals surface area (Å²) in [6.07, 6.45) is 0.289. The summed E-state index contributed by atoms with van der Waals surface area (Å²) in [5.41, 5.74) is 6.99. The van der Waals surface area contributed by atoms with Crippen LogP contribution in [0.4, 0.5) is 0 Å². The maximum absolute atomic E-state index is 11.6. The highest BCUT2D eigenvalue weighted by Gasteiger charge is 2.16. The second kappa shape index (κ2) is 6.02. The zero-order valence-electron chi connectivity index (χ0n) is 10.7. The number of nitrogens with two attached hydrogens (primary N) is 1. The summed E-state index contributed by atoms with van der Waals surface area (Å²) in [4.78, 5) is 11.6. The van der Waals surface area contributed by atoms with Crippen LogP contribution in [-0.4, -0.2) is 23.1 Å². The minimum atomic E-state index is -0.394. The Morgan fingerprint density at radius 2 is 2.06 bits per heavy atom. The molecule has 1 aromatic rings. The van der Waals surface area contributed by atoms with Gasteiger partial charge in [0.1, 0.15) is 5.76 Å². The lowest BCUT2D eigenvalue weighted by Crippen LogP contribution is -2.45. The molecule has 0 unspecified atom stereocenters. The Balaban J connectivity index is 0.00000256. The Hall–Kier alpha value is -1.07. The van der Waals surface area contributed by atoms with Crippen molar-refractivity contribution in [2.75, 3.05) is 6.54 Å². The van der Waals surface area contributed by atoms with Crippen molar-refractivity contribution in [3.63, 3.8) is 0 Å². The Kier molecular flexibility index (Phi) is 5.64. The molecule has 0 atom stereocenters. The van der Waals surface area contributed by atoms with Crippen molar-refractivity contribution in [3.8, 4) is 0 Å². The smallest absolute Gasteiger partial charge is 0.224 e. The van der Waals surface area contributed by atoms with Crippen molar-refractivity contribution in [1.82, 2.24) is 10.5 Å². The van der Waals surface area contributed by atoms with Gasteiger partial charge in [-0.2, -0.15) is 0 Å². The average Bonchev–Trinajstić information content (AvgIpc) is 2.45. The van der Waals surface area contributed by atoms with Crippen LogP contribution >= 0.6 is 12.4 Å². The molecule has 0 saturated heterocycles. The highest BCUT2D eigenvalue weighted by atomic mass is 35.5. The summed E-state index contributed by atoms with van der Waals surface area (Å²) < 4.78 is 4.99. The zero-order valence-corrected chi connectivity index (χ0v) is 11.5. The number of rotatable bonds is 4. The van der Waals surface area contributed by atoms with Crippen LogP contribution in [-0.2, 0) is 11.2 Å². The van der Waals surface area contributed by atoms with Crippen molar-refractivity contribution >= 4 is 18.3 Å². The number of nitrogens with one attached hydrogen (secondary N) is 1. The topological polar surface area (TPSA) is 81.2 Å². The Bertz CT molecular complexity index is 363. The largest absolute Gasteiger partial charge is 0.361 e. The summed E-state index contributed by atoms with van der Waals surface area (Å²) in [6.45, 7) is 7.81. The van der Waals surface area contributed by atoms with Crippen molar-refractivity contribution in [3.05, 3.63) is 17.0 Å². The molecule has 0 fully saturated rings. The van der Waals surface area contributed by atoms with E-state index in [0.29, 0.717) is 12.3 Å². The maximum atomic E-state index is 11.6. The highest BCUT2D eigenvalue weighted by molar-refractivity contribution is 5.85. The fourth-order valence-corrected chi connectivity index (χ4v) is 1.30. The van der Waals surface area contributed by atoms with E-state index in [0.717, 1.165) is 11.3 Å². The molecule has 0 bridgehead atoms. The molecule has 0 aliphatic rings. The Labute approximate surface area is 108 Å². The molecule has 5 nitrogen and oxygen atoms in total. The lowest BCUT2D eigenvalue weighted by Gasteiger charge is -2.18. The quantitative estimate of drug-likeness (QED) is 0.851. The molecule has 0 spiro atoms. The lowest BCUT2D eigenvalue weighted by atomic mass is 10.1. The third-order valence-electron chi connectivity index (χ3n) is 2.26. The second-order valence-electron chi connectivity index (χ2n) is 4.74. The fourth-order valence-electron chi connectivity index (χ4n) is 1.30. The van der Waals surface area contributed by atoms with Crippen molar-refractivity contribution in [1.29, 1.82) is 0 Å². The number of hydrogen-bond donors (Lipinski definition) is 2. The lowest BCUT2D eigenvalue weighted by molar-refractivity contribution is -0.120. The van der Waals surface area contributed by atoms with Crippen molar-refractivity contribution in [2.45, 2.75) is 39.7 Å². The van der Waals surface area contributed by atoms with Crippen molar-refractivity contribution in [2.24, 2.45) is 5.73 Å². The number of amides is 1. The number of aryl methyl sites for hydroxylation is 2. The SMILES string of the molecule is Cc1noc(C)c1CC(=O)NCC(C)(C)N.Cl. The molecule has 1 aromatic heterocycles. The van der Waals surface area contributed by atoms with Crippen molar-refractivity contribution < 1.29 is 9.32 Å². The first-order valence-corrected chi connectivity index (χ1v) is 5.27. The molecular formula is C11H20ClN3O2. The van der Waals surface area contributed by atoms with E-state index in [-0.39, 0.29) is 24.7 Å². The van der Waals surface area contributed by atoms with Crippen LogP contribution in [0, 0.1) is 13.8 Å². The minimum absolute atomic E-state index is 0. The van der Waals surface area contributed by atoms with Crippen LogP contribution in [0.3, 0.4) is 0 Å². The average molecular weight is 262 g/mol. The van der Waals surface area contributed by atoms with E-state index < -0.39 is 5.54 Å². The third kappa shape index (κ3) is 5.19. The van der Waals surface area contributed by atoms with E-state index in [2.05, 4.69) is 10.5 Å². The Morgan fingerprint density at radius 3 is 2.47 bits per heavy atom. The molecule has 1 amide bonds. The number of aromatic nitrogens is 1. The molecule has 1 heterocycles. The molecule has 98 valence electrons. The van der Waals surface area contributed by atoms with Crippen LogP contribution in [0.25, 0.3) is 0 Å². The van der Waals surface area contributed by atoms with E-state index in [4.69, 9.17) is 10.3 Å². The predicted molar refractivity (Wildman–Crippen MR) is 68.2 cm³/mol. The standard InChI is InChI=1S/C11H19N3O2.ClH/c1-7-9(8(2)16-14-7)5-10(15)13-6-11(3,4)12;/h5-6,12H2,1-4H3,(H,13,15);1H. The van der Waals surface area contributed by atoms with Crippen LogP contribution in [0.15, 0.2) is 4.52 Å². The molecular weight excluding hydrogens is 242 g/mol. The molecule has 0 radical (unpaired) electrons. The normalized spacial score (nSPS) is 10.9. The monoisotopic (exact) mass is 261 g/mol. The summed E-state index contributed by atoms with van der Waals surface area (Å²) in [7, 11) is 0. The van der Waals surface area contributed by atoms with E-state index in [9.17, 15) is 4.79 Å². The molecule has 3 N–H and O–H groups in total. The van der Waals surface area contributed by atoms with Gasteiger partial charge >= 0.3 is 0 Å². The molecule has 0 saturated carbocycles. The Morgan fingerprint density at radius 1 is 1.47 bits per heavy atom. The van der Waals surface area contributed by atoms with Gasteiger partial charge in [-0.3, -0.25) is 4.79 Å². The molecule has 0 aliphatic heterocycles. The van der Waals surface area contributed by atoms with Crippen LogP contribution in [0.2, 0.25) is 0 Å². The van der Waals surface area contributed by atoms with E-state index >= 15 is 0 Å². The zero-order chi connectivity index (χ0) is 12.3. The van der Waals surface area contributed by atoms with Gasteiger partial charge in [-0.1, -0.05) is 5.16 Å². The van der Waals surface area contributed by atoms with Gasteiger partial charge in [0, 0.05) is 17.6 Å². The predicted octanol–water partition coefficient (Wildman–Crippen LogP) is 1.11. The van der Waals surface area contributed by atoms with Crippen LogP contribution in [0.5, 0.6) is 0 Å². The van der Waals surface area contributed by atoms with Gasteiger partial charge in [0.05, 0.1) is 12.1 Å². The van der Waals surface area contributed by atoms with Gasteiger partial charge in [-0.15, -0.1) is 12.4 Å². The molecule has 17 heavy (non-hydrogen) atoms. The number of hydrogen-bond acceptors (Lipinski definition) is 4. The summed E-state index contributed by atoms with van der Waals surface area (Å²) >= 11 is 0. The van der Waals surface area contributed by atoms with E-state index in [1.807, 2.05) is 20.8 Å². The first-order chi connectivity index (χ1) is 7.29. The minimum Gasteiger partial charge on any atom is -0.361 e. The summed E-state index contributed by atoms with van der Waals surface area (Å²) in [5.74, 6) is 0.632. The van der Waals surface area contributed by atoms with Gasteiger partial charge in [0.2, 0.25) is 5.91 Å². The molecule has 1 rings (SSSR count). The summed E-state index contributed by atoms with van der Waals surface area (Å²) in [6, 6.07) is 0. The van der Waals surface area contributed by atoms with E-state index in [1.54, 1.807) is 6.92 Å². The summed E-state index contributed by atoms with van der Waals surface area (Å²) in [5, 5.41) is 6.58. The van der Waals surface area contributed by atoms with Gasteiger partial charge in [-0.25, -0.2) is 0 Å². The first kappa shape index (κ1) is 15.9. The maximum Gasteiger partial charge on any atom is 0.224 e. The number of nitrogens with zero attached hydrogens (tertiary/aromatic N) is 1. The fraction of sp³-hybridized carbons (Fsp3) is 0.636. The third-order valence-corrected chi connectivity index (χ3v) is 2.26. The highest BCUT2D eigenvalue weighted by Crippen LogP contribution is 2.12. The molecule has 0 aromatic carbocycles. The number of halogens is 1. The van der Waals surface area contributed by atoms with Gasteiger partial charge in [0.25, 0.3) is 0 Å². The van der Waals surface area contributed by atoms with Crippen LogP contribution < -0.4 is 11.1 Å².